The van der Waals surface area contributed by atoms with Gasteiger partial charge in [-0.1, -0.05) is 13.3 Å². The Morgan fingerprint density at radius 1 is 1.00 bits per heavy atom. The summed E-state index contributed by atoms with van der Waals surface area (Å²) in [5, 5.41) is 0. The lowest BCUT2D eigenvalue weighted by atomic mass is 9.73. The van der Waals surface area contributed by atoms with Gasteiger partial charge in [-0.2, -0.15) is 0 Å². The van der Waals surface area contributed by atoms with E-state index in [0.29, 0.717) is 0 Å². The molecule has 8 heavy (non-hydrogen) atoms. The molecule has 0 aliphatic heterocycles. The largest absolute Gasteiger partial charge is 0.0622 e. The summed E-state index contributed by atoms with van der Waals surface area (Å²) in [5.74, 6) is 3.41. The summed E-state index contributed by atoms with van der Waals surface area (Å²) < 4.78 is 0. The van der Waals surface area contributed by atoms with E-state index in [2.05, 4.69) is 6.92 Å². The van der Waals surface area contributed by atoms with Crippen LogP contribution in [0, 0.1) is 17.8 Å². The highest BCUT2D eigenvalue weighted by Gasteiger charge is 2.39. The van der Waals surface area contributed by atoms with Crippen molar-refractivity contribution >= 4 is 0 Å². The molecule has 0 aromatic rings. The highest BCUT2D eigenvalue weighted by molar-refractivity contribution is 4.89. The van der Waals surface area contributed by atoms with Crippen LogP contribution in [0.15, 0.2) is 0 Å². The zero-order valence-corrected chi connectivity index (χ0v) is 5.56. The second-order valence-corrected chi connectivity index (χ2v) is 3.56. The maximum absolute atomic E-state index is 2.42. The normalized spacial score (nSPS) is 52.9. The van der Waals surface area contributed by atoms with Gasteiger partial charge in [0.25, 0.3) is 0 Å². The first-order chi connectivity index (χ1) is 3.88. The lowest BCUT2D eigenvalue weighted by molar-refractivity contribution is 0.180. The molecule has 2 aliphatic carbocycles. The molecule has 0 heteroatoms. The molecule has 2 unspecified atom stereocenters. The molecule has 0 aromatic carbocycles. The Balaban J connectivity index is 2.05. The molecule has 0 nitrogen and oxygen atoms in total. The van der Waals surface area contributed by atoms with Crippen LogP contribution in [-0.2, 0) is 0 Å². The third-order valence-electron chi connectivity index (χ3n) is 3.20. The van der Waals surface area contributed by atoms with E-state index >= 15 is 0 Å². The van der Waals surface area contributed by atoms with Crippen molar-refractivity contribution in [3.05, 3.63) is 0 Å². The average Bonchev–Trinajstić information content (AvgIpc) is 1.80. The predicted molar refractivity (Wildman–Crippen MR) is 34.6 cm³/mol. The molecular weight excluding hydrogens is 96.1 g/mol. The summed E-state index contributed by atoms with van der Waals surface area (Å²) in [4.78, 5) is 0. The molecule has 2 aliphatic rings. The second-order valence-electron chi connectivity index (χ2n) is 3.56. The Hall–Kier alpha value is 0. The average molecular weight is 110 g/mol. The Morgan fingerprint density at radius 3 is 2.00 bits per heavy atom. The van der Waals surface area contributed by atoms with E-state index in [1.54, 1.807) is 19.3 Å². The van der Waals surface area contributed by atoms with Gasteiger partial charge in [0.15, 0.2) is 0 Å². The van der Waals surface area contributed by atoms with Gasteiger partial charge >= 0.3 is 0 Å². The van der Waals surface area contributed by atoms with Gasteiger partial charge in [0.05, 0.1) is 0 Å². The van der Waals surface area contributed by atoms with E-state index in [1.165, 1.54) is 12.3 Å². The monoisotopic (exact) mass is 110 g/mol. The van der Waals surface area contributed by atoms with E-state index in [0.717, 1.165) is 11.8 Å². The first-order valence-electron chi connectivity index (χ1n) is 3.88. The molecular formula is C8H14. The van der Waals surface area contributed by atoms with Gasteiger partial charge in [-0.25, -0.2) is 0 Å². The van der Waals surface area contributed by atoms with Crippen molar-refractivity contribution in [3.8, 4) is 0 Å². The lowest BCUT2D eigenvalue weighted by Crippen LogP contribution is -2.23. The molecule has 2 rings (SSSR count). The highest BCUT2D eigenvalue weighted by atomic mass is 14.4. The second kappa shape index (κ2) is 1.49. The summed E-state index contributed by atoms with van der Waals surface area (Å²) in [6, 6.07) is 0. The summed E-state index contributed by atoms with van der Waals surface area (Å²) in [7, 11) is 0. The van der Waals surface area contributed by atoms with Crippen LogP contribution >= 0.6 is 0 Å². The highest BCUT2D eigenvalue weighted by Crippen LogP contribution is 2.49. The molecule has 2 fully saturated rings. The van der Waals surface area contributed by atoms with E-state index in [9.17, 15) is 0 Å². The first-order valence-corrected chi connectivity index (χ1v) is 3.88. The topological polar surface area (TPSA) is 0 Å². The van der Waals surface area contributed by atoms with Gasteiger partial charge in [0.2, 0.25) is 0 Å². The maximum Gasteiger partial charge on any atom is -0.0360 e. The standard InChI is InChI=1S/C8H14/c1-6-2-3-7-4-5-8(6)7/h6-8H,2-5H2,1H3/t6?,7-,8?/m0/s1. The molecule has 46 valence electrons. The van der Waals surface area contributed by atoms with Crippen LogP contribution in [0.2, 0.25) is 0 Å². The summed E-state index contributed by atoms with van der Waals surface area (Å²) in [6.07, 6.45) is 6.17. The van der Waals surface area contributed by atoms with Crippen LogP contribution in [0.25, 0.3) is 0 Å². The van der Waals surface area contributed by atoms with Crippen LogP contribution in [0.1, 0.15) is 32.6 Å². The minimum absolute atomic E-state index is 1.08. The van der Waals surface area contributed by atoms with Crippen LogP contribution in [0.3, 0.4) is 0 Å². The van der Waals surface area contributed by atoms with Crippen LogP contribution in [-0.4, -0.2) is 0 Å². The Bertz CT molecular complexity index is 90.2. The zero-order chi connectivity index (χ0) is 5.56. The van der Waals surface area contributed by atoms with Crippen LogP contribution in [0.4, 0.5) is 0 Å². The molecule has 2 saturated carbocycles. The van der Waals surface area contributed by atoms with E-state index in [4.69, 9.17) is 0 Å². The first kappa shape index (κ1) is 4.84. The fraction of sp³-hybridized carbons (Fsp3) is 1.00. The minimum Gasteiger partial charge on any atom is -0.0622 e. The maximum atomic E-state index is 2.42. The van der Waals surface area contributed by atoms with Crippen molar-refractivity contribution in [2.24, 2.45) is 17.8 Å². The van der Waals surface area contributed by atoms with E-state index in [-0.39, 0.29) is 0 Å². The summed E-state index contributed by atoms with van der Waals surface area (Å²) >= 11 is 0. The van der Waals surface area contributed by atoms with E-state index in [1.807, 2.05) is 0 Å². The summed E-state index contributed by atoms with van der Waals surface area (Å²) in [6.45, 7) is 2.42. The lowest BCUT2D eigenvalue weighted by Gasteiger charge is -2.32. The molecule has 0 aromatic heterocycles. The van der Waals surface area contributed by atoms with Crippen molar-refractivity contribution < 1.29 is 0 Å². The Labute approximate surface area is 51.3 Å². The SMILES string of the molecule is CC1CC[C@H]2CCC12. The molecule has 0 amide bonds. The van der Waals surface area contributed by atoms with Crippen LogP contribution < -0.4 is 0 Å². The van der Waals surface area contributed by atoms with Crippen molar-refractivity contribution in [3.63, 3.8) is 0 Å². The fourth-order valence-corrected chi connectivity index (χ4v) is 2.39. The number of hydrogen-bond donors (Lipinski definition) is 0. The van der Waals surface area contributed by atoms with E-state index < -0.39 is 0 Å². The van der Waals surface area contributed by atoms with Gasteiger partial charge in [0.1, 0.15) is 0 Å². The Kier molecular flexibility index (Phi) is 0.902. The quantitative estimate of drug-likeness (QED) is 0.449. The van der Waals surface area contributed by atoms with Gasteiger partial charge < -0.3 is 0 Å². The molecule has 0 heterocycles. The van der Waals surface area contributed by atoms with Gasteiger partial charge in [0, 0.05) is 0 Å². The van der Waals surface area contributed by atoms with Crippen molar-refractivity contribution in [2.45, 2.75) is 32.6 Å². The molecule has 0 bridgehead atoms. The Morgan fingerprint density at radius 2 is 1.75 bits per heavy atom. The zero-order valence-electron chi connectivity index (χ0n) is 5.56. The number of hydrogen-bond acceptors (Lipinski definition) is 0. The third kappa shape index (κ3) is 0.463. The molecule has 3 atom stereocenters. The fourth-order valence-electron chi connectivity index (χ4n) is 2.39. The minimum atomic E-state index is 1.08. The van der Waals surface area contributed by atoms with Crippen LogP contribution in [0.5, 0.6) is 0 Å². The third-order valence-corrected chi connectivity index (χ3v) is 3.20. The van der Waals surface area contributed by atoms with Crippen molar-refractivity contribution in [2.75, 3.05) is 0 Å². The van der Waals surface area contributed by atoms with Gasteiger partial charge in [-0.3, -0.25) is 0 Å². The number of fused-ring (bicyclic) bond motifs is 1. The predicted octanol–water partition coefficient (Wildman–Crippen LogP) is 2.44. The van der Waals surface area contributed by atoms with Gasteiger partial charge in [-0.15, -0.1) is 0 Å². The molecule has 0 N–H and O–H groups in total. The molecule has 0 spiro atoms. The smallest absolute Gasteiger partial charge is 0.0360 e. The molecule has 0 saturated heterocycles. The van der Waals surface area contributed by atoms with Crippen molar-refractivity contribution in [1.29, 1.82) is 0 Å². The van der Waals surface area contributed by atoms with Gasteiger partial charge in [-0.05, 0) is 37.0 Å². The van der Waals surface area contributed by atoms with Crippen molar-refractivity contribution in [1.82, 2.24) is 0 Å². The molecule has 0 radical (unpaired) electrons. The summed E-state index contributed by atoms with van der Waals surface area (Å²) in [5.41, 5.74) is 0. The number of rotatable bonds is 0.